The highest BCUT2D eigenvalue weighted by molar-refractivity contribution is 5.96. The van der Waals surface area contributed by atoms with E-state index < -0.39 is 0 Å². The quantitative estimate of drug-likeness (QED) is 0.882. The van der Waals surface area contributed by atoms with Gasteiger partial charge in [-0.25, -0.2) is 0 Å². The van der Waals surface area contributed by atoms with Gasteiger partial charge in [-0.05, 0) is 31.7 Å². The van der Waals surface area contributed by atoms with Gasteiger partial charge in [-0.1, -0.05) is 30.3 Å². The normalized spacial score (nSPS) is 16.1. The van der Waals surface area contributed by atoms with Crippen LogP contribution in [-0.4, -0.2) is 16.1 Å². The minimum Gasteiger partial charge on any atom is -0.309 e. The summed E-state index contributed by atoms with van der Waals surface area (Å²) in [6, 6.07) is 12.0. The second kappa shape index (κ2) is 4.53. The van der Waals surface area contributed by atoms with Gasteiger partial charge < -0.3 is 5.32 Å². The Morgan fingerprint density at radius 2 is 2.11 bits per heavy atom. The number of H-pyrrole nitrogens is 1. The maximum atomic E-state index is 12.3. The first kappa shape index (κ1) is 12.0. The lowest BCUT2D eigenvalue weighted by atomic mass is 9.95. The predicted molar refractivity (Wildman–Crippen MR) is 73.8 cm³/mol. The number of hydrogen-bond donors (Lipinski definition) is 2. The molecule has 0 spiro atoms. The zero-order chi connectivity index (χ0) is 13.3. The topological polar surface area (TPSA) is 57.8 Å². The molecule has 0 saturated heterocycles. The fourth-order valence-corrected chi connectivity index (χ4v) is 2.35. The van der Waals surface area contributed by atoms with E-state index in [-0.39, 0.29) is 11.3 Å². The fourth-order valence-electron chi connectivity index (χ4n) is 2.35. The lowest BCUT2D eigenvalue weighted by Crippen LogP contribution is -2.26. The number of anilines is 1. The summed E-state index contributed by atoms with van der Waals surface area (Å²) in [4.78, 5) is 12.3. The van der Waals surface area contributed by atoms with Crippen molar-refractivity contribution >= 4 is 11.7 Å². The Morgan fingerprint density at radius 1 is 1.37 bits per heavy atom. The summed E-state index contributed by atoms with van der Waals surface area (Å²) in [6.45, 7) is 1.92. The van der Waals surface area contributed by atoms with Crippen LogP contribution in [0.5, 0.6) is 0 Å². The molecule has 0 bridgehead atoms. The van der Waals surface area contributed by atoms with Crippen LogP contribution in [0.1, 0.15) is 24.1 Å². The summed E-state index contributed by atoms with van der Waals surface area (Å²) in [6.07, 6.45) is 2.72. The van der Waals surface area contributed by atoms with Crippen LogP contribution in [0, 0.1) is 12.3 Å². The summed E-state index contributed by atoms with van der Waals surface area (Å²) in [5, 5.41) is 9.78. The highest BCUT2D eigenvalue weighted by atomic mass is 16.2. The molecule has 4 nitrogen and oxygen atoms in total. The van der Waals surface area contributed by atoms with Crippen molar-refractivity contribution in [1.82, 2.24) is 10.2 Å². The molecule has 3 rings (SSSR count). The minimum atomic E-state index is -0.228. The van der Waals surface area contributed by atoms with Gasteiger partial charge in [-0.3, -0.25) is 9.89 Å². The van der Waals surface area contributed by atoms with Crippen molar-refractivity contribution in [2.45, 2.75) is 26.2 Å². The zero-order valence-corrected chi connectivity index (χ0v) is 10.9. The first-order chi connectivity index (χ1) is 9.18. The average molecular weight is 255 g/mol. The number of nitrogens with one attached hydrogen (secondary N) is 2. The lowest BCUT2D eigenvalue weighted by Gasteiger charge is -2.14. The molecule has 1 aliphatic rings. The van der Waals surface area contributed by atoms with Gasteiger partial charge in [0.25, 0.3) is 0 Å². The molecule has 2 aromatic rings. The van der Waals surface area contributed by atoms with Crippen molar-refractivity contribution < 1.29 is 4.79 Å². The fraction of sp³-hybridized carbons (Fsp3) is 0.333. The van der Waals surface area contributed by atoms with Crippen molar-refractivity contribution in [1.29, 1.82) is 0 Å². The highest BCUT2D eigenvalue weighted by Crippen LogP contribution is 2.49. The minimum absolute atomic E-state index is 0.0860. The van der Waals surface area contributed by atoms with Gasteiger partial charge in [0, 0.05) is 11.8 Å². The smallest absolute Gasteiger partial charge is 0.232 e. The summed E-state index contributed by atoms with van der Waals surface area (Å²) >= 11 is 0. The Labute approximate surface area is 112 Å². The number of carbonyl (C=O) groups excluding carboxylic acids is 1. The molecule has 19 heavy (non-hydrogen) atoms. The summed E-state index contributed by atoms with van der Waals surface area (Å²) < 4.78 is 0. The molecule has 1 aliphatic carbocycles. The molecule has 1 heterocycles. The van der Waals surface area contributed by atoms with Gasteiger partial charge in [0.2, 0.25) is 5.91 Å². The van der Waals surface area contributed by atoms with Crippen molar-refractivity contribution in [2.75, 3.05) is 5.32 Å². The molecule has 98 valence electrons. The monoisotopic (exact) mass is 255 g/mol. The maximum Gasteiger partial charge on any atom is 0.232 e. The van der Waals surface area contributed by atoms with E-state index in [1.54, 1.807) is 0 Å². The van der Waals surface area contributed by atoms with Crippen LogP contribution in [-0.2, 0) is 11.2 Å². The van der Waals surface area contributed by atoms with Crippen LogP contribution >= 0.6 is 0 Å². The van der Waals surface area contributed by atoms with Gasteiger partial charge in [-0.15, -0.1) is 0 Å². The van der Waals surface area contributed by atoms with Crippen LogP contribution in [0.3, 0.4) is 0 Å². The second-order valence-electron chi connectivity index (χ2n) is 5.33. The molecule has 2 N–H and O–H groups in total. The largest absolute Gasteiger partial charge is 0.309 e. The summed E-state index contributed by atoms with van der Waals surface area (Å²) in [7, 11) is 0. The molecular formula is C15H17N3O. The Kier molecular flexibility index (Phi) is 2.85. The van der Waals surface area contributed by atoms with Gasteiger partial charge in [-0.2, -0.15) is 5.10 Å². The van der Waals surface area contributed by atoms with E-state index in [4.69, 9.17) is 0 Å². The van der Waals surface area contributed by atoms with Crippen molar-refractivity contribution in [3.8, 4) is 0 Å². The van der Waals surface area contributed by atoms with Crippen LogP contribution in [0.4, 0.5) is 5.82 Å². The van der Waals surface area contributed by atoms with Crippen molar-refractivity contribution in [2.24, 2.45) is 5.41 Å². The third-order valence-electron chi connectivity index (χ3n) is 3.67. The number of aromatic nitrogens is 2. The van der Waals surface area contributed by atoms with Crippen molar-refractivity contribution in [3.05, 3.63) is 47.7 Å². The van der Waals surface area contributed by atoms with E-state index in [1.165, 1.54) is 5.56 Å². The van der Waals surface area contributed by atoms with Gasteiger partial charge in [0.1, 0.15) is 0 Å². The summed E-state index contributed by atoms with van der Waals surface area (Å²) in [5.74, 6) is 0.699. The standard InChI is InChI=1S/C15H17N3O/c1-11-9-13(18-17-11)16-14(19)15(7-8-15)10-12-5-3-2-4-6-12/h2-6,9H,7-8,10H2,1H3,(H2,16,17,18,19). The molecule has 1 amide bonds. The number of nitrogens with zero attached hydrogens (tertiary/aromatic N) is 1. The Bertz CT molecular complexity index is 584. The third kappa shape index (κ3) is 2.52. The first-order valence-electron chi connectivity index (χ1n) is 6.55. The average Bonchev–Trinajstić information content (AvgIpc) is 3.08. The van der Waals surface area contributed by atoms with E-state index in [0.717, 1.165) is 25.0 Å². The molecule has 1 saturated carbocycles. The summed E-state index contributed by atoms with van der Waals surface area (Å²) in [5.41, 5.74) is 1.94. The second-order valence-corrected chi connectivity index (χ2v) is 5.33. The lowest BCUT2D eigenvalue weighted by molar-refractivity contribution is -0.121. The number of carbonyl (C=O) groups is 1. The molecule has 0 aliphatic heterocycles. The maximum absolute atomic E-state index is 12.3. The van der Waals surface area contributed by atoms with Crippen LogP contribution in [0.2, 0.25) is 0 Å². The number of hydrogen-bond acceptors (Lipinski definition) is 2. The Balaban J connectivity index is 1.69. The molecule has 0 radical (unpaired) electrons. The molecule has 1 aromatic carbocycles. The van der Waals surface area contributed by atoms with Crippen LogP contribution < -0.4 is 5.32 Å². The Morgan fingerprint density at radius 3 is 2.68 bits per heavy atom. The molecule has 1 fully saturated rings. The first-order valence-corrected chi connectivity index (χ1v) is 6.55. The number of amides is 1. The van der Waals surface area contributed by atoms with E-state index in [1.807, 2.05) is 31.2 Å². The predicted octanol–water partition coefficient (Wildman–Crippen LogP) is 2.68. The molecule has 0 atom stereocenters. The number of rotatable bonds is 4. The number of benzene rings is 1. The highest BCUT2D eigenvalue weighted by Gasteiger charge is 2.49. The van der Waals surface area contributed by atoms with E-state index in [2.05, 4.69) is 27.6 Å². The Hall–Kier alpha value is -2.10. The molecular weight excluding hydrogens is 238 g/mol. The van der Waals surface area contributed by atoms with Crippen LogP contribution in [0.15, 0.2) is 36.4 Å². The van der Waals surface area contributed by atoms with E-state index in [9.17, 15) is 4.79 Å². The van der Waals surface area contributed by atoms with Crippen LogP contribution in [0.25, 0.3) is 0 Å². The van der Waals surface area contributed by atoms with E-state index in [0.29, 0.717) is 5.82 Å². The zero-order valence-electron chi connectivity index (χ0n) is 10.9. The number of aryl methyl sites for hydroxylation is 1. The van der Waals surface area contributed by atoms with Gasteiger partial charge >= 0.3 is 0 Å². The van der Waals surface area contributed by atoms with E-state index >= 15 is 0 Å². The SMILES string of the molecule is Cc1cc(NC(=O)C2(Cc3ccccc3)CC2)n[nH]1. The van der Waals surface area contributed by atoms with Gasteiger partial charge in [0.05, 0.1) is 5.41 Å². The molecule has 4 heteroatoms. The third-order valence-corrected chi connectivity index (χ3v) is 3.67. The van der Waals surface area contributed by atoms with Gasteiger partial charge in [0.15, 0.2) is 5.82 Å². The van der Waals surface area contributed by atoms with Crippen molar-refractivity contribution in [3.63, 3.8) is 0 Å². The molecule has 1 aromatic heterocycles. The number of aromatic amines is 1. The molecule has 0 unspecified atom stereocenters.